The van der Waals surface area contributed by atoms with Crippen LogP contribution < -0.4 is 5.32 Å². The molecule has 0 bridgehead atoms. The number of nitrogens with one attached hydrogen (secondary N) is 1. The SMILES string of the molecule is Cn1cncc1CC(=O)CNC(=O)OC(C)(C)C. The number of Topliss-reactive ketones (excluding diaryl/α,β-unsaturated/α-hetero) is 1. The largest absolute Gasteiger partial charge is 0.444 e. The Balaban J connectivity index is 2.34. The van der Waals surface area contributed by atoms with Crippen molar-refractivity contribution < 1.29 is 14.3 Å². The van der Waals surface area contributed by atoms with Crippen molar-refractivity contribution >= 4 is 11.9 Å². The van der Waals surface area contributed by atoms with Crippen molar-refractivity contribution in [1.29, 1.82) is 0 Å². The standard InChI is InChI=1S/C12H19N3O3/c1-12(2,3)18-11(17)14-7-10(16)5-9-6-13-8-15(9)4/h6,8H,5,7H2,1-4H3,(H,14,17). The smallest absolute Gasteiger partial charge is 0.408 e. The monoisotopic (exact) mass is 253 g/mol. The van der Waals surface area contributed by atoms with Crippen LogP contribution in [-0.2, 0) is 23.0 Å². The van der Waals surface area contributed by atoms with Crippen molar-refractivity contribution in [3.63, 3.8) is 0 Å². The molecule has 0 unspecified atom stereocenters. The molecule has 6 heteroatoms. The summed E-state index contributed by atoms with van der Waals surface area (Å²) in [5.41, 5.74) is 0.251. The summed E-state index contributed by atoms with van der Waals surface area (Å²) in [6, 6.07) is 0. The average Bonchev–Trinajstić information content (AvgIpc) is 2.59. The number of ketones is 1. The van der Waals surface area contributed by atoms with Crippen LogP contribution in [-0.4, -0.2) is 33.6 Å². The number of carbonyl (C=O) groups excluding carboxylic acids is 2. The molecule has 0 aliphatic rings. The van der Waals surface area contributed by atoms with Crippen LogP contribution in [0.25, 0.3) is 0 Å². The van der Waals surface area contributed by atoms with Crippen LogP contribution in [0, 0.1) is 0 Å². The van der Waals surface area contributed by atoms with Crippen LogP contribution in [0.1, 0.15) is 26.5 Å². The quantitative estimate of drug-likeness (QED) is 0.870. The van der Waals surface area contributed by atoms with E-state index >= 15 is 0 Å². The Hall–Kier alpha value is -1.85. The van der Waals surface area contributed by atoms with Crippen LogP contribution in [0.5, 0.6) is 0 Å². The number of nitrogens with zero attached hydrogens (tertiary/aromatic N) is 2. The van der Waals surface area contributed by atoms with Crippen molar-refractivity contribution in [3.05, 3.63) is 18.2 Å². The summed E-state index contributed by atoms with van der Waals surface area (Å²) < 4.78 is 6.80. The number of hydrogen-bond donors (Lipinski definition) is 1. The molecule has 0 aliphatic carbocycles. The highest BCUT2D eigenvalue weighted by atomic mass is 16.6. The first-order valence-electron chi connectivity index (χ1n) is 5.71. The van der Waals surface area contributed by atoms with Gasteiger partial charge in [0.2, 0.25) is 0 Å². The van der Waals surface area contributed by atoms with Gasteiger partial charge in [-0.2, -0.15) is 0 Å². The molecule has 0 saturated heterocycles. The van der Waals surface area contributed by atoms with Crippen LogP contribution in [0.15, 0.2) is 12.5 Å². The molecule has 1 N–H and O–H groups in total. The normalized spacial score (nSPS) is 11.1. The summed E-state index contributed by atoms with van der Waals surface area (Å²) in [5.74, 6) is -0.0931. The second kappa shape index (κ2) is 5.66. The van der Waals surface area contributed by atoms with Gasteiger partial charge in [0.15, 0.2) is 5.78 Å². The summed E-state index contributed by atoms with van der Waals surface area (Å²) in [4.78, 5) is 26.9. The van der Waals surface area contributed by atoms with E-state index in [0.717, 1.165) is 5.69 Å². The second-order valence-corrected chi connectivity index (χ2v) is 5.07. The van der Waals surface area contributed by atoms with E-state index in [2.05, 4.69) is 10.3 Å². The highest BCUT2D eigenvalue weighted by molar-refractivity contribution is 5.85. The average molecular weight is 253 g/mol. The first kappa shape index (κ1) is 14.2. The zero-order chi connectivity index (χ0) is 13.8. The van der Waals surface area contributed by atoms with Crippen LogP contribution >= 0.6 is 0 Å². The van der Waals surface area contributed by atoms with E-state index in [1.54, 1.807) is 37.9 Å². The molecular weight excluding hydrogens is 234 g/mol. The molecule has 0 radical (unpaired) electrons. The van der Waals surface area contributed by atoms with Crippen LogP contribution in [0.4, 0.5) is 4.79 Å². The molecule has 6 nitrogen and oxygen atoms in total. The van der Waals surface area contributed by atoms with Gasteiger partial charge >= 0.3 is 6.09 Å². The Kier molecular flexibility index (Phi) is 4.47. The van der Waals surface area contributed by atoms with Gasteiger partial charge in [-0.05, 0) is 20.8 Å². The first-order valence-corrected chi connectivity index (χ1v) is 5.71. The Bertz CT molecular complexity index is 432. The Morgan fingerprint density at radius 2 is 2.11 bits per heavy atom. The highest BCUT2D eigenvalue weighted by Gasteiger charge is 2.16. The molecule has 1 rings (SSSR count). The van der Waals surface area contributed by atoms with Crippen molar-refractivity contribution in [1.82, 2.24) is 14.9 Å². The Morgan fingerprint density at radius 3 is 2.61 bits per heavy atom. The molecule has 1 amide bonds. The number of alkyl carbamates (subject to hydrolysis) is 1. The number of hydrogen-bond acceptors (Lipinski definition) is 4. The lowest BCUT2D eigenvalue weighted by atomic mass is 10.2. The van der Waals surface area contributed by atoms with E-state index in [-0.39, 0.29) is 18.7 Å². The minimum absolute atomic E-state index is 0.0416. The minimum atomic E-state index is -0.583. The highest BCUT2D eigenvalue weighted by Crippen LogP contribution is 2.06. The zero-order valence-electron chi connectivity index (χ0n) is 11.2. The van der Waals surface area contributed by atoms with E-state index < -0.39 is 11.7 Å². The molecule has 0 aromatic carbocycles. The fourth-order valence-corrected chi connectivity index (χ4v) is 1.30. The number of imidazole rings is 1. The maximum absolute atomic E-state index is 11.6. The van der Waals surface area contributed by atoms with Gasteiger partial charge in [-0.3, -0.25) is 4.79 Å². The molecule has 18 heavy (non-hydrogen) atoms. The van der Waals surface area contributed by atoms with Gasteiger partial charge in [0.25, 0.3) is 0 Å². The summed E-state index contributed by atoms with van der Waals surface area (Å²) in [6.45, 7) is 5.26. The van der Waals surface area contributed by atoms with Crippen molar-refractivity contribution in [2.75, 3.05) is 6.54 Å². The number of aryl methyl sites for hydroxylation is 1. The lowest BCUT2D eigenvalue weighted by Crippen LogP contribution is -2.36. The number of amides is 1. The van der Waals surface area contributed by atoms with Gasteiger partial charge in [0.05, 0.1) is 19.3 Å². The summed E-state index contributed by atoms with van der Waals surface area (Å²) in [5, 5.41) is 2.43. The lowest BCUT2D eigenvalue weighted by Gasteiger charge is -2.19. The predicted octanol–water partition coefficient (Wildman–Crippen LogP) is 1.06. The van der Waals surface area contributed by atoms with Gasteiger partial charge < -0.3 is 14.6 Å². The van der Waals surface area contributed by atoms with Gasteiger partial charge in [-0.15, -0.1) is 0 Å². The fourth-order valence-electron chi connectivity index (χ4n) is 1.30. The Labute approximate surface area is 106 Å². The van der Waals surface area contributed by atoms with Crippen molar-refractivity contribution in [2.45, 2.75) is 32.8 Å². The van der Waals surface area contributed by atoms with Gasteiger partial charge in [0.1, 0.15) is 5.60 Å². The third-order valence-electron chi connectivity index (χ3n) is 2.12. The maximum atomic E-state index is 11.6. The number of ether oxygens (including phenoxy) is 1. The van der Waals surface area contributed by atoms with E-state index in [9.17, 15) is 9.59 Å². The summed E-state index contributed by atoms with van der Waals surface area (Å²) in [7, 11) is 1.82. The molecule has 0 spiro atoms. The molecule has 1 aromatic rings. The fraction of sp³-hybridized carbons (Fsp3) is 0.583. The molecular formula is C12H19N3O3. The number of carbonyl (C=O) groups is 2. The molecule has 100 valence electrons. The van der Waals surface area contributed by atoms with Gasteiger partial charge in [0, 0.05) is 18.9 Å². The molecule has 1 aromatic heterocycles. The van der Waals surface area contributed by atoms with E-state index in [1.807, 2.05) is 7.05 Å². The third kappa shape index (κ3) is 4.99. The molecule has 1 heterocycles. The van der Waals surface area contributed by atoms with E-state index in [0.29, 0.717) is 0 Å². The molecule has 0 saturated carbocycles. The second-order valence-electron chi connectivity index (χ2n) is 5.07. The number of aromatic nitrogens is 2. The first-order chi connectivity index (χ1) is 8.28. The lowest BCUT2D eigenvalue weighted by molar-refractivity contribution is -0.117. The number of rotatable bonds is 4. The topological polar surface area (TPSA) is 73.2 Å². The van der Waals surface area contributed by atoms with Crippen molar-refractivity contribution in [3.8, 4) is 0 Å². The summed E-state index contributed by atoms with van der Waals surface area (Å²) in [6.07, 6.45) is 2.92. The minimum Gasteiger partial charge on any atom is -0.444 e. The van der Waals surface area contributed by atoms with E-state index in [1.165, 1.54) is 0 Å². The third-order valence-corrected chi connectivity index (χ3v) is 2.12. The predicted molar refractivity (Wildman–Crippen MR) is 66.2 cm³/mol. The molecule has 0 fully saturated rings. The van der Waals surface area contributed by atoms with Gasteiger partial charge in [-0.1, -0.05) is 0 Å². The zero-order valence-corrected chi connectivity index (χ0v) is 11.2. The Morgan fingerprint density at radius 1 is 1.44 bits per heavy atom. The molecule has 0 aliphatic heterocycles. The van der Waals surface area contributed by atoms with Crippen LogP contribution in [0.2, 0.25) is 0 Å². The van der Waals surface area contributed by atoms with E-state index in [4.69, 9.17) is 4.74 Å². The summed E-state index contributed by atoms with van der Waals surface area (Å²) >= 11 is 0. The maximum Gasteiger partial charge on any atom is 0.408 e. The van der Waals surface area contributed by atoms with Crippen molar-refractivity contribution in [2.24, 2.45) is 7.05 Å². The van der Waals surface area contributed by atoms with Crippen LogP contribution in [0.3, 0.4) is 0 Å². The van der Waals surface area contributed by atoms with Gasteiger partial charge in [-0.25, -0.2) is 9.78 Å². The molecule has 0 atom stereocenters.